The molecule has 7 heteroatoms. The Hall–Kier alpha value is -3.64. The lowest BCUT2D eigenvalue weighted by molar-refractivity contribution is -0.132. The van der Waals surface area contributed by atoms with Gasteiger partial charge in [0.25, 0.3) is 11.7 Å². The second-order valence-corrected chi connectivity index (χ2v) is 9.02. The molecule has 1 unspecified atom stereocenters. The number of nitrogens with zero attached hydrogens (tertiary/aromatic N) is 2. The third kappa shape index (κ3) is 4.54. The van der Waals surface area contributed by atoms with Gasteiger partial charge in [0, 0.05) is 22.5 Å². The van der Waals surface area contributed by atoms with E-state index in [0.29, 0.717) is 40.2 Å². The molecular formula is C27H25ClN2O4. The normalized spacial score (nSPS) is 17.4. The maximum atomic E-state index is 13.2. The standard InChI is InChI=1S/C27H25ClN2O4/c1-16(2)15-34-20-10-7-18(8-11-20)25(31)23-24(21-6-4-5-13-29-21)30(27(33)26(23)32)22-12-9-19(28)14-17(22)3/h4-14,16,24,31H,15H2,1-3H3/b25-23+. The lowest BCUT2D eigenvalue weighted by Gasteiger charge is -2.26. The van der Waals surface area contributed by atoms with Crippen molar-refractivity contribution in [2.45, 2.75) is 26.8 Å². The zero-order valence-corrected chi connectivity index (χ0v) is 19.9. The van der Waals surface area contributed by atoms with E-state index in [2.05, 4.69) is 18.8 Å². The molecule has 34 heavy (non-hydrogen) atoms. The number of ketones is 1. The summed E-state index contributed by atoms with van der Waals surface area (Å²) < 4.78 is 5.71. The highest BCUT2D eigenvalue weighted by Gasteiger charge is 2.48. The summed E-state index contributed by atoms with van der Waals surface area (Å²) in [4.78, 5) is 32.2. The zero-order chi connectivity index (χ0) is 24.4. The summed E-state index contributed by atoms with van der Waals surface area (Å²) in [7, 11) is 0. The number of carbonyl (C=O) groups excluding carboxylic acids is 2. The minimum Gasteiger partial charge on any atom is -0.507 e. The molecule has 4 rings (SSSR count). The number of anilines is 1. The van der Waals surface area contributed by atoms with E-state index in [1.807, 2.05) is 6.92 Å². The second kappa shape index (κ2) is 9.69. The van der Waals surface area contributed by atoms with Gasteiger partial charge < -0.3 is 9.84 Å². The quantitative estimate of drug-likeness (QED) is 0.280. The van der Waals surface area contributed by atoms with Crippen LogP contribution in [0.15, 0.2) is 72.4 Å². The molecule has 3 aromatic rings. The topological polar surface area (TPSA) is 79.7 Å². The number of Topliss-reactive ketones (excluding diaryl/α,β-unsaturated/α-hetero) is 1. The Bertz CT molecular complexity index is 1250. The first-order valence-electron chi connectivity index (χ1n) is 11.0. The van der Waals surface area contributed by atoms with Gasteiger partial charge in [0.1, 0.15) is 17.6 Å². The number of amides is 1. The molecule has 1 amide bonds. The van der Waals surface area contributed by atoms with E-state index < -0.39 is 17.7 Å². The smallest absolute Gasteiger partial charge is 0.300 e. The molecule has 0 spiro atoms. The van der Waals surface area contributed by atoms with Crippen LogP contribution in [0.4, 0.5) is 5.69 Å². The largest absolute Gasteiger partial charge is 0.507 e. The number of hydrogen-bond donors (Lipinski definition) is 1. The number of aliphatic hydroxyl groups is 1. The Kier molecular flexibility index (Phi) is 6.70. The van der Waals surface area contributed by atoms with Gasteiger partial charge in [0.05, 0.1) is 17.9 Å². The van der Waals surface area contributed by atoms with Gasteiger partial charge in [-0.2, -0.15) is 0 Å². The van der Waals surface area contributed by atoms with Crippen molar-refractivity contribution in [2.75, 3.05) is 11.5 Å². The third-order valence-electron chi connectivity index (χ3n) is 5.54. The van der Waals surface area contributed by atoms with Crippen LogP contribution >= 0.6 is 11.6 Å². The molecule has 2 heterocycles. The molecule has 1 saturated heterocycles. The number of rotatable bonds is 6. The summed E-state index contributed by atoms with van der Waals surface area (Å²) in [6.45, 7) is 6.49. The number of hydrogen-bond acceptors (Lipinski definition) is 5. The molecule has 1 N–H and O–H groups in total. The second-order valence-electron chi connectivity index (χ2n) is 8.58. The molecule has 2 aromatic carbocycles. The highest BCUT2D eigenvalue weighted by atomic mass is 35.5. The molecule has 1 aliphatic heterocycles. The van der Waals surface area contributed by atoms with Crippen molar-refractivity contribution in [2.24, 2.45) is 5.92 Å². The predicted octanol–water partition coefficient (Wildman–Crippen LogP) is 5.70. The first kappa shape index (κ1) is 23.5. The predicted molar refractivity (Wildman–Crippen MR) is 132 cm³/mol. The maximum Gasteiger partial charge on any atom is 0.300 e. The van der Waals surface area contributed by atoms with Crippen LogP contribution in [0.3, 0.4) is 0 Å². The molecule has 6 nitrogen and oxygen atoms in total. The van der Waals surface area contributed by atoms with Gasteiger partial charge in [-0.15, -0.1) is 0 Å². The van der Waals surface area contributed by atoms with Crippen LogP contribution < -0.4 is 9.64 Å². The number of benzene rings is 2. The van der Waals surface area contributed by atoms with E-state index in [0.717, 1.165) is 5.56 Å². The molecular weight excluding hydrogens is 452 g/mol. The summed E-state index contributed by atoms with van der Waals surface area (Å²) in [6, 6.07) is 16.2. The first-order valence-corrected chi connectivity index (χ1v) is 11.4. The van der Waals surface area contributed by atoms with Crippen molar-refractivity contribution in [1.29, 1.82) is 0 Å². The number of pyridine rings is 1. The fraction of sp³-hybridized carbons (Fsp3) is 0.222. The van der Waals surface area contributed by atoms with Crippen LogP contribution in [0.25, 0.3) is 5.76 Å². The van der Waals surface area contributed by atoms with E-state index in [1.165, 1.54) is 4.90 Å². The van der Waals surface area contributed by atoms with Crippen LogP contribution in [0.1, 0.15) is 36.7 Å². The van der Waals surface area contributed by atoms with Gasteiger partial charge in [0.2, 0.25) is 0 Å². The SMILES string of the molecule is Cc1cc(Cl)ccc1N1C(=O)C(=O)/C(=C(/O)c2ccc(OCC(C)C)cc2)C1c1ccccn1. The van der Waals surface area contributed by atoms with E-state index in [1.54, 1.807) is 66.9 Å². The molecule has 1 aromatic heterocycles. The lowest BCUT2D eigenvalue weighted by Crippen LogP contribution is -2.30. The number of ether oxygens (including phenoxy) is 1. The van der Waals surface area contributed by atoms with Crippen molar-refractivity contribution < 1.29 is 19.4 Å². The van der Waals surface area contributed by atoms with Crippen molar-refractivity contribution in [3.05, 3.63) is 94.3 Å². The monoisotopic (exact) mass is 476 g/mol. The highest BCUT2D eigenvalue weighted by Crippen LogP contribution is 2.42. The molecule has 0 radical (unpaired) electrons. The molecule has 0 saturated carbocycles. The molecule has 1 fully saturated rings. The van der Waals surface area contributed by atoms with Gasteiger partial charge in [-0.25, -0.2) is 0 Å². The fourth-order valence-corrected chi connectivity index (χ4v) is 4.14. The summed E-state index contributed by atoms with van der Waals surface area (Å²) >= 11 is 6.11. The van der Waals surface area contributed by atoms with E-state index in [-0.39, 0.29) is 11.3 Å². The average molecular weight is 477 g/mol. The van der Waals surface area contributed by atoms with E-state index >= 15 is 0 Å². The Morgan fingerprint density at radius 1 is 1.12 bits per heavy atom. The van der Waals surface area contributed by atoms with Crippen LogP contribution in [-0.2, 0) is 9.59 Å². The number of halogens is 1. The number of aryl methyl sites for hydroxylation is 1. The molecule has 0 bridgehead atoms. The maximum absolute atomic E-state index is 13.2. The summed E-state index contributed by atoms with van der Waals surface area (Å²) in [5, 5.41) is 11.7. The van der Waals surface area contributed by atoms with Crippen molar-refractivity contribution in [3.63, 3.8) is 0 Å². The van der Waals surface area contributed by atoms with Crippen molar-refractivity contribution in [1.82, 2.24) is 4.98 Å². The van der Waals surface area contributed by atoms with Gasteiger partial charge in [-0.1, -0.05) is 31.5 Å². The Morgan fingerprint density at radius 3 is 2.47 bits per heavy atom. The minimum absolute atomic E-state index is 0.0195. The fourth-order valence-electron chi connectivity index (χ4n) is 3.92. The van der Waals surface area contributed by atoms with E-state index in [9.17, 15) is 14.7 Å². The first-order chi connectivity index (χ1) is 16.3. The summed E-state index contributed by atoms with van der Waals surface area (Å²) in [5.74, 6) is -0.747. The zero-order valence-electron chi connectivity index (χ0n) is 19.2. The van der Waals surface area contributed by atoms with Gasteiger partial charge in [0.15, 0.2) is 0 Å². The molecule has 1 aliphatic rings. The Labute approximate surface area is 203 Å². The summed E-state index contributed by atoms with van der Waals surface area (Å²) in [5.41, 5.74) is 2.10. The minimum atomic E-state index is -0.891. The van der Waals surface area contributed by atoms with E-state index in [4.69, 9.17) is 16.3 Å². The average Bonchev–Trinajstić information content (AvgIpc) is 3.08. The van der Waals surface area contributed by atoms with Gasteiger partial charge in [-0.3, -0.25) is 19.5 Å². The lowest BCUT2D eigenvalue weighted by atomic mass is 9.98. The summed E-state index contributed by atoms with van der Waals surface area (Å²) in [6.07, 6.45) is 1.59. The van der Waals surface area contributed by atoms with Crippen molar-refractivity contribution >= 4 is 34.7 Å². The Morgan fingerprint density at radius 2 is 1.85 bits per heavy atom. The van der Waals surface area contributed by atoms with Crippen LogP contribution in [0.2, 0.25) is 5.02 Å². The Balaban J connectivity index is 1.82. The molecule has 0 aliphatic carbocycles. The van der Waals surface area contributed by atoms with Crippen LogP contribution in [0, 0.1) is 12.8 Å². The van der Waals surface area contributed by atoms with Gasteiger partial charge >= 0.3 is 0 Å². The number of carbonyl (C=O) groups is 2. The van der Waals surface area contributed by atoms with Crippen LogP contribution in [-0.4, -0.2) is 28.4 Å². The van der Waals surface area contributed by atoms with Gasteiger partial charge in [-0.05, 0) is 73.0 Å². The molecule has 1 atom stereocenters. The number of aromatic nitrogens is 1. The third-order valence-corrected chi connectivity index (χ3v) is 5.78. The molecule has 174 valence electrons. The van der Waals surface area contributed by atoms with Crippen LogP contribution in [0.5, 0.6) is 5.75 Å². The van der Waals surface area contributed by atoms with Crippen molar-refractivity contribution in [3.8, 4) is 5.75 Å². The highest BCUT2D eigenvalue weighted by molar-refractivity contribution is 6.51. The number of aliphatic hydroxyl groups excluding tert-OH is 1.